The average Bonchev–Trinajstić information content (AvgIpc) is 2.55. The van der Waals surface area contributed by atoms with E-state index in [1.807, 2.05) is 36.4 Å². The molecule has 0 aliphatic carbocycles. The van der Waals surface area contributed by atoms with Crippen molar-refractivity contribution in [3.63, 3.8) is 0 Å². The van der Waals surface area contributed by atoms with Gasteiger partial charge in [0, 0.05) is 20.2 Å². The number of carbonyl (C=O) groups excluding carboxylic acids is 2. The summed E-state index contributed by atoms with van der Waals surface area (Å²) in [6.45, 7) is 1.05. The number of nitrogens with one attached hydrogen (secondary N) is 2. The van der Waals surface area contributed by atoms with Crippen LogP contribution in [0.2, 0.25) is 0 Å². The molecule has 2 N–H and O–H groups in total. The first-order valence-corrected chi connectivity index (χ1v) is 9.31. The number of amides is 2. The lowest BCUT2D eigenvalue weighted by atomic mass is 10.2. The van der Waals surface area contributed by atoms with Gasteiger partial charge in [0.05, 0.1) is 11.1 Å². The van der Waals surface area contributed by atoms with E-state index < -0.39 is 0 Å². The van der Waals surface area contributed by atoms with E-state index in [1.165, 1.54) is 0 Å². The first-order valence-electron chi connectivity index (χ1n) is 7.15. The van der Waals surface area contributed by atoms with Crippen LogP contribution in [0.3, 0.4) is 0 Å². The molecule has 2 amide bonds. The molecule has 0 saturated carbocycles. The van der Waals surface area contributed by atoms with Gasteiger partial charge in [0.15, 0.2) is 0 Å². The Morgan fingerprint density at radius 3 is 1.52 bits per heavy atom. The Morgan fingerprint density at radius 1 is 0.739 bits per heavy atom. The second-order valence-electron chi connectivity index (χ2n) is 4.83. The van der Waals surface area contributed by atoms with Crippen LogP contribution in [0.1, 0.15) is 27.1 Å². The van der Waals surface area contributed by atoms with Gasteiger partial charge in [-0.3, -0.25) is 9.59 Å². The van der Waals surface area contributed by atoms with Gasteiger partial charge in [-0.1, -0.05) is 24.3 Å². The summed E-state index contributed by atoms with van der Waals surface area (Å²) >= 11 is 4.29. The molecule has 0 atom stereocenters. The maximum Gasteiger partial charge on any atom is 0.252 e. The smallest absolute Gasteiger partial charge is 0.252 e. The molecule has 2 aromatic carbocycles. The monoisotopic (exact) mass is 534 g/mol. The molecule has 4 nitrogen and oxygen atoms in total. The summed E-state index contributed by atoms with van der Waals surface area (Å²) in [7, 11) is 0. The Morgan fingerprint density at radius 2 is 1.13 bits per heavy atom. The second-order valence-corrected chi connectivity index (χ2v) is 7.15. The molecule has 0 aliphatic heterocycles. The van der Waals surface area contributed by atoms with Gasteiger partial charge < -0.3 is 10.6 Å². The summed E-state index contributed by atoms with van der Waals surface area (Å²) in [6, 6.07) is 14.9. The maximum atomic E-state index is 12.0. The van der Waals surface area contributed by atoms with E-state index in [2.05, 4.69) is 55.8 Å². The van der Waals surface area contributed by atoms with Gasteiger partial charge in [-0.15, -0.1) is 0 Å². The largest absolute Gasteiger partial charge is 0.352 e. The van der Waals surface area contributed by atoms with Crippen LogP contribution in [0.4, 0.5) is 0 Å². The van der Waals surface area contributed by atoms with Crippen molar-refractivity contribution in [3.8, 4) is 0 Å². The van der Waals surface area contributed by atoms with Gasteiger partial charge in [0.2, 0.25) is 0 Å². The minimum absolute atomic E-state index is 0.0843. The minimum atomic E-state index is -0.0843. The van der Waals surface area contributed by atoms with Gasteiger partial charge in [0.1, 0.15) is 0 Å². The lowest BCUT2D eigenvalue weighted by Gasteiger charge is -2.08. The van der Waals surface area contributed by atoms with Crippen LogP contribution in [0, 0.1) is 7.14 Å². The van der Waals surface area contributed by atoms with Crippen molar-refractivity contribution in [1.29, 1.82) is 0 Å². The fourth-order valence-corrected chi connectivity index (χ4v) is 3.24. The molecule has 6 heteroatoms. The van der Waals surface area contributed by atoms with E-state index in [0.717, 1.165) is 7.14 Å². The molecule has 0 bridgehead atoms. The molecule has 23 heavy (non-hydrogen) atoms. The van der Waals surface area contributed by atoms with E-state index in [9.17, 15) is 9.59 Å². The number of benzene rings is 2. The first-order chi connectivity index (χ1) is 11.1. The average molecular weight is 534 g/mol. The summed E-state index contributed by atoms with van der Waals surface area (Å²) < 4.78 is 1.85. The zero-order chi connectivity index (χ0) is 16.7. The Bertz CT molecular complexity index is 645. The first kappa shape index (κ1) is 18.2. The normalized spacial score (nSPS) is 10.2. The molecule has 2 aromatic rings. The number of carbonyl (C=O) groups is 2. The molecule has 0 spiro atoms. The van der Waals surface area contributed by atoms with E-state index in [0.29, 0.717) is 30.6 Å². The van der Waals surface area contributed by atoms with Crippen LogP contribution in [-0.4, -0.2) is 24.9 Å². The highest BCUT2D eigenvalue weighted by Crippen LogP contribution is 2.11. The quantitative estimate of drug-likeness (QED) is 0.441. The molecular weight excluding hydrogens is 518 g/mol. The summed E-state index contributed by atoms with van der Waals surface area (Å²) in [5.74, 6) is -0.169. The fourth-order valence-electron chi connectivity index (χ4n) is 1.97. The third-order valence-corrected chi connectivity index (χ3v) is 5.04. The Kier molecular flexibility index (Phi) is 7.28. The van der Waals surface area contributed by atoms with Crippen LogP contribution in [-0.2, 0) is 0 Å². The van der Waals surface area contributed by atoms with Gasteiger partial charge in [-0.2, -0.15) is 0 Å². The Balaban J connectivity index is 1.72. The molecule has 0 saturated heterocycles. The molecule has 2 rings (SSSR count). The predicted molar refractivity (Wildman–Crippen MR) is 108 cm³/mol. The molecule has 0 aromatic heterocycles. The number of halogens is 2. The van der Waals surface area contributed by atoms with Crippen LogP contribution in [0.15, 0.2) is 48.5 Å². The van der Waals surface area contributed by atoms with Crippen LogP contribution < -0.4 is 10.6 Å². The lowest BCUT2D eigenvalue weighted by molar-refractivity contribution is 0.0951. The van der Waals surface area contributed by atoms with Crippen molar-refractivity contribution < 1.29 is 9.59 Å². The fraction of sp³-hybridized carbons (Fsp3) is 0.176. The maximum absolute atomic E-state index is 12.0. The van der Waals surface area contributed by atoms with Crippen LogP contribution in [0.25, 0.3) is 0 Å². The van der Waals surface area contributed by atoms with Crippen molar-refractivity contribution >= 4 is 57.0 Å². The zero-order valence-corrected chi connectivity index (χ0v) is 16.6. The van der Waals surface area contributed by atoms with E-state index in [4.69, 9.17) is 0 Å². The number of hydrogen-bond donors (Lipinski definition) is 2. The highest BCUT2D eigenvalue weighted by molar-refractivity contribution is 14.1. The highest BCUT2D eigenvalue weighted by Gasteiger charge is 2.09. The van der Waals surface area contributed by atoms with Gasteiger partial charge in [-0.25, -0.2) is 0 Å². The molecule has 120 valence electrons. The van der Waals surface area contributed by atoms with Crippen molar-refractivity contribution in [2.75, 3.05) is 13.1 Å². The summed E-state index contributed by atoms with van der Waals surface area (Å²) in [6.07, 6.45) is 0.685. The second kappa shape index (κ2) is 9.21. The number of hydrogen-bond acceptors (Lipinski definition) is 2. The highest BCUT2D eigenvalue weighted by atomic mass is 127. The molecule has 0 unspecified atom stereocenters. The molecule has 0 heterocycles. The van der Waals surface area contributed by atoms with Crippen molar-refractivity contribution in [1.82, 2.24) is 10.6 Å². The summed E-state index contributed by atoms with van der Waals surface area (Å²) in [5, 5.41) is 5.74. The predicted octanol–water partition coefficient (Wildman–Crippen LogP) is 3.45. The van der Waals surface area contributed by atoms with Crippen LogP contribution >= 0.6 is 45.2 Å². The van der Waals surface area contributed by atoms with Crippen LogP contribution in [0.5, 0.6) is 0 Å². The number of rotatable bonds is 6. The van der Waals surface area contributed by atoms with Gasteiger partial charge in [-0.05, 0) is 75.9 Å². The Labute approximate surface area is 162 Å². The SMILES string of the molecule is O=C(NCCCNC(=O)c1ccccc1I)c1ccccc1I. The van der Waals surface area contributed by atoms with Crippen molar-refractivity contribution in [2.45, 2.75) is 6.42 Å². The van der Waals surface area contributed by atoms with Crippen molar-refractivity contribution in [2.24, 2.45) is 0 Å². The molecule has 0 fully saturated rings. The Hall–Kier alpha value is -1.16. The van der Waals surface area contributed by atoms with Gasteiger partial charge >= 0.3 is 0 Å². The third kappa shape index (κ3) is 5.45. The van der Waals surface area contributed by atoms with Crippen molar-refractivity contribution in [3.05, 3.63) is 66.8 Å². The van der Waals surface area contributed by atoms with E-state index in [-0.39, 0.29) is 11.8 Å². The van der Waals surface area contributed by atoms with E-state index >= 15 is 0 Å². The standard InChI is InChI=1S/C17H16I2N2O2/c18-14-8-3-1-6-12(14)16(22)20-10-5-11-21-17(23)13-7-2-4-9-15(13)19/h1-4,6-9H,5,10-11H2,(H,20,22)(H,21,23). The topological polar surface area (TPSA) is 58.2 Å². The van der Waals surface area contributed by atoms with Gasteiger partial charge in [0.25, 0.3) is 11.8 Å². The zero-order valence-electron chi connectivity index (χ0n) is 12.3. The summed E-state index contributed by atoms with van der Waals surface area (Å²) in [5.41, 5.74) is 1.35. The molecular formula is C17H16I2N2O2. The van der Waals surface area contributed by atoms with E-state index in [1.54, 1.807) is 12.1 Å². The molecule has 0 aliphatic rings. The third-order valence-electron chi connectivity index (χ3n) is 3.16. The lowest BCUT2D eigenvalue weighted by Crippen LogP contribution is -2.30. The minimum Gasteiger partial charge on any atom is -0.352 e. The summed E-state index contributed by atoms with van der Waals surface area (Å²) in [4.78, 5) is 24.0. The molecule has 0 radical (unpaired) electrons.